The van der Waals surface area contributed by atoms with E-state index in [1.54, 1.807) is 6.20 Å². The van der Waals surface area contributed by atoms with Crippen molar-refractivity contribution in [1.29, 1.82) is 0 Å². The molecule has 4 rings (SSSR count). The van der Waals surface area contributed by atoms with E-state index in [1.165, 1.54) is 5.39 Å². The van der Waals surface area contributed by atoms with Crippen molar-refractivity contribution in [2.45, 2.75) is 0 Å². The van der Waals surface area contributed by atoms with Gasteiger partial charge in [-0.15, -0.1) is 0 Å². The van der Waals surface area contributed by atoms with E-state index in [2.05, 4.69) is 32.5 Å². The summed E-state index contributed by atoms with van der Waals surface area (Å²) in [5.74, 6) is 0. The highest BCUT2D eigenvalue weighted by Crippen LogP contribution is 2.12. The lowest BCUT2D eigenvalue weighted by molar-refractivity contribution is 0.942. The summed E-state index contributed by atoms with van der Waals surface area (Å²) in [6, 6.07) is 22.0. The number of aromatic nitrogens is 4. The van der Waals surface area contributed by atoms with E-state index in [0.29, 0.717) is 0 Å². The number of nitrogens with zero attached hydrogens (tertiary/aromatic N) is 3. The molecule has 102 valence electrons. The lowest BCUT2D eigenvalue weighted by Gasteiger charge is -1.91. The van der Waals surface area contributed by atoms with Crippen molar-refractivity contribution >= 4 is 10.9 Å². The lowest BCUT2D eigenvalue weighted by atomic mass is 10.2. The number of hydrogen-bond donors (Lipinski definition) is 1. The van der Waals surface area contributed by atoms with Crippen LogP contribution in [0.15, 0.2) is 79.1 Å². The fraction of sp³-hybridized carbons (Fsp3) is 0. The zero-order valence-electron chi connectivity index (χ0n) is 11.3. The van der Waals surface area contributed by atoms with Gasteiger partial charge in [-0.2, -0.15) is 15.4 Å². The smallest absolute Gasteiger partial charge is 0.112 e. The molecule has 2 aromatic heterocycles. The van der Waals surface area contributed by atoms with Crippen LogP contribution in [0.4, 0.5) is 0 Å². The van der Waals surface area contributed by atoms with Crippen LogP contribution in [-0.2, 0) is 0 Å². The first-order valence-corrected chi connectivity index (χ1v) is 6.64. The molecule has 21 heavy (non-hydrogen) atoms. The molecule has 4 nitrogen and oxygen atoms in total. The Morgan fingerprint density at radius 3 is 2.29 bits per heavy atom. The molecule has 0 fully saturated rings. The molecule has 0 atom stereocenters. The van der Waals surface area contributed by atoms with E-state index in [-0.39, 0.29) is 0 Å². The molecule has 0 spiro atoms. The number of para-hydroxylation sites is 1. The largest absolute Gasteiger partial charge is 0.256 e. The van der Waals surface area contributed by atoms with Gasteiger partial charge in [0.1, 0.15) is 5.69 Å². The van der Waals surface area contributed by atoms with Crippen molar-refractivity contribution in [3.8, 4) is 11.3 Å². The van der Waals surface area contributed by atoms with Gasteiger partial charge in [-0.1, -0.05) is 54.6 Å². The second-order valence-corrected chi connectivity index (χ2v) is 4.42. The van der Waals surface area contributed by atoms with Crippen molar-refractivity contribution in [3.63, 3.8) is 0 Å². The van der Waals surface area contributed by atoms with Gasteiger partial charge < -0.3 is 0 Å². The summed E-state index contributed by atoms with van der Waals surface area (Å²) in [6.07, 6.45) is 3.51. The summed E-state index contributed by atoms with van der Waals surface area (Å²) in [4.78, 5) is 4.18. The van der Waals surface area contributed by atoms with Crippen LogP contribution >= 0.6 is 0 Å². The Labute approximate surface area is 122 Å². The molecule has 0 aliphatic carbocycles. The first-order chi connectivity index (χ1) is 10.4. The average molecular weight is 274 g/mol. The van der Waals surface area contributed by atoms with Crippen LogP contribution in [0.25, 0.3) is 22.2 Å². The van der Waals surface area contributed by atoms with E-state index in [4.69, 9.17) is 0 Å². The van der Waals surface area contributed by atoms with Gasteiger partial charge in [-0.3, -0.25) is 4.98 Å². The molecule has 2 heterocycles. The topological polar surface area (TPSA) is 54.5 Å². The van der Waals surface area contributed by atoms with Crippen molar-refractivity contribution in [3.05, 3.63) is 79.1 Å². The third-order valence-corrected chi connectivity index (χ3v) is 3.00. The summed E-state index contributed by atoms with van der Waals surface area (Å²) in [5.41, 5.74) is 3.02. The second-order valence-electron chi connectivity index (χ2n) is 4.42. The second kappa shape index (κ2) is 6.43. The SMILES string of the molecule is c1ccc(-c2cn[nH]n2)cc1.c1ccc2ncccc2c1. The maximum absolute atomic E-state index is 4.18. The van der Waals surface area contributed by atoms with Crippen LogP contribution in [0, 0.1) is 0 Å². The lowest BCUT2D eigenvalue weighted by Crippen LogP contribution is -1.75. The normalized spacial score (nSPS) is 9.90. The fourth-order valence-corrected chi connectivity index (χ4v) is 1.97. The van der Waals surface area contributed by atoms with E-state index in [0.717, 1.165) is 16.8 Å². The van der Waals surface area contributed by atoms with Crippen LogP contribution in [0.2, 0.25) is 0 Å². The Hall–Kier alpha value is -3.01. The predicted octanol–water partition coefficient (Wildman–Crippen LogP) is 3.71. The molecule has 0 saturated carbocycles. The van der Waals surface area contributed by atoms with E-state index >= 15 is 0 Å². The molecule has 0 bridgehead atoms. The van der Waals surface area contributed by atoms with Crippen molar-refractivity contribution < 1.29 is 0 Å². The minimum Gasteiger partial charge on any atom is -0.256 e. The van der Waals surface area contributed by atoms with E-state index in [9.17, 15) is 0 Å². The van der Waals surface area contributed by atoms with Gasteiger partial charge >= 0.3 is 0 Å². The summed E-state index contributed by atoms with van der Waals surface area (Å²) >= 11 is 0. The maximum Gasteiger partial charge on any atom is 0.112 e. The van der Waals surface area contributed by atoms with Crippen LogP contribution in [-0.4, -0.2) is 20.4 Å². The molecule has 0 aliphatic heterocycles. The zero-order valence-corrected chi connectivity index (χ0v) is 11.3. The Balaban J connectivity index is 0.000000126. The minimum absolute atomic E-state index is 0.880. The van der Waals surface area contributed by atoms with Gasteiger partial charge in [0.15, 0.2) is 0 Å². The Bertz CT molecular complexity index is 730. The standard InChI is InChI=1S/C9H7N.C8H7N3/c1-2-6-9-8(4-1)5-3-7-10-9;1-2-4-7(5-3-1)8-6-9-11-10-8/h1-7H;1-6H,(H,9,10,11). The Morgan fingerprint density at radius 1 is 0.762 bits per heavy atom. The molecule has 0 radical (unpaired) electrons. The Morgan fingerprint density at radius 2 is 1.52 bits per heavy atom. The highest BCUT2D eigenvalue weighted by Gasteiger charge is 1.96. The van der Waals surface area contributed by atoms with Gasteiger partial charge in [0.2, 0.25) is 0 Å². The third kappa shape index (κ3) is 3.30. The van der Waals surface area contributed by atoms with Gasteiger partial charge in [-0.25, -0.2) is 0 Å². The molecular weight excluding hydrogens is 260 g/mol. The van der Waals surface area contributed by atoms with E-state index in [1.807, 2.05) is 60.8 Å². The Kier molecular flexibility index (Phi) is 3.98. The third-order valence-electron chi connectivity index (χ3n) is 3.00. The summed E-state index contributed by atoms with van der Waals surface area (Å²) in [5, 5.41) is 11.4. The predicted molar refractivity (Wildman–Crippen MR) is 83.6 cm³/mol. The number of pyridine rings is 1. The number of benzene rings is 2. The van der Waals surface area contributed by atoms with Crippen LogP contribution in [0.3, 0.4) is 0 Å². The average Bonchev–Trinajstić information content (AvgIpc) is 3.11. The molecule has 2 aromatic carbocycles. The number of fused-ring (bicyclic) bond motifs is 1. The highest BCUT2D eigenvalue weighted by molar-refractivity contribution is 5.77. The number of aromatic amines is 1. The summed E-state index contributed by atoms with van der Waals surface area (Å²) in [7, 11) is 0. The monoisotopic (exact) mass is 274 g/mol. The zero-order chi connectivity index (χ0) is 14.3. The molecule has 0 aliphatic rings. The van der Waals surface area contributed by atoms with Gasteiger partial charge in [0.25, 0.3) is 0 Å². The number of nitrogens with one attached hydrogen (secondary N) is 1. The van der Waals surface area contributed by atoms with Gasteiger partial charge in [0, 0.05) is 17.1 Å². The molecule has 4 aromatic rings. The molecule has 0 amide bonds. The molecule has 0 unspecified atom stereocenters. The van der Waals surface area contributed by atoms with Gasteiger partial charge in [-0.05, 0) is 12.1 Å². The van der Waals surface area contributed by atoms with Gasteiger partial charge in [0.05, 0.1) is 11.7 Å². The summed E-state index contributed by atoms with van der Waals surface area (Å²) < 4.78 is 0. The first-order valence-electron chi connectivity index (χ1n) is 6.64. The number of rotatable bonds is 1. The van der Waals surface area contributed by atoms with E-state index < -0.39 is 0 Å². The maximum atomic E-state index is 4.18. The molecular formula is C17H14N4. The van der Waals surface area contributed by atoms with Crippen LogP contribution in [0.1, 0.15) is 0 Å². The quantitative estimate of drug-likeness (QED) is 0.575. The first kappa shape index (κ1) is 13.0. The fourth-order valence-electron chi connectivity index (χ4n) is 1.97. The molecule has 0 saturated heterocycles. The van der Waals surface area contributed by atoms with Crippen molar-refractivity contribution in [1.82, 2.24) is 20.4 Å². The van der Waals surface area contributed by atoms with Crippen LogP contribution < -0.4 is 0 Å². The van der Waals surface area contributed by atoms with Crippen molar-refractivity contribution in [2.75, 3.05) is 0 Å². The van der Waals surface area contributed by atoms with Crippen LogP contribution in [0.5, 0.6) is 0 Å². The highest BCUT2D eigenvalue weighted by atomic mass is 15.3. The summed E-state index contributed by atoms with van der Waals surface area (Å²) in [6.45, 7) is 0. The molecule has 1 N–H and O–H groups in total. The number of H-pyrrole nitrogens is 1. The molecule has 4 heteroatoms. The van der Waals surface area contributed by atoms with Crippen molar-refractivity contribution in [2.24, 2.45) is 0 Å². The number of hydrogen-bond acceptors (Lipinski definition) is 3. The minimum atomic E-state index is 0.880.